The molecule has 3 rings (SSSR count). The van der Waals surface area contributed by atoms with E-state index < -0.39 is 0 Å². The second kappa shape index (κ2) is 6.01. The lowest BCUT2D eigenvalue weighted by atomic mass is 9.89. The normalized spacial score (nSPS) is 17.1. The van der Waals surface area contributed by atoms with Gasteiger partial charge in [0.1, 0.15) is 6.61 Å². The fourth-order valence-corrected chi connectivity index (χ4v) is 3.41. The molecule has 2 N–H and O–H groups in total. The molecular weight excluding hydrogens is 345 g/mol. The molecule has 2 aromatic rings. The third kappa shape index (κ3) is 2.90. The smallest absolute Gasteiger partial charge is 0.169 e. The van der Waals surface area contributed by atoms with Crippen LogP contribution in [0.5, 0.6) is 5.75 Å². The average Bonchev–Trinajstić information content (AvgIpc) is 3.29. The van der Waals surface area contributed by atoms with Gasteiger partial charge in [-0.3, -0.25) is 0 Å². The van der Waals surface area contributed by atoms with Crippen molar-refractivity contribution in [2.24, 2.45) is 5.73 Å². The Kier molecular flexibility index (Phi) is 4.24. The molecule has 0 aromatic heterocycles. The van der Waals surface area contributed by atoms with E-state index >= 15 is 0 Å². The first-order valence-electron chi connectivity index (χ1n) is 7.45. The van der Waals surface area contributed by atoms with Gasteiger partial charge < -0.3 is 10.5 Å². The van der Waals surface area contributed by atoms with Crippen LogP contribution in [0.4, 0.5) is 4.39 Å². The van der Waals surface area contributed by atoms with Gasteiger partial charge in [0, 0.05) is 11.5 Å². The second-order valence-corrected chi connectivity index (χ2v) is 6.84. The van der Waals surface area contributed by atoms with E-state index in [0.29, 0.717) is 11.1 Å². The highest BCUT2D eigenvalue weighted by Gasteiger charge is 2.47. The summed E-state index contributed by atoms with van der Waals surface area (Å²) in [6.45, 7) is 2.33. The zero-order chi connectivity index (χ0) is 15.7. The van der Waals surface area contributed by atoms with Crippen LogP contribution in [0.15, 0.2) is 46.9 Å². The predicted molar refractivity (Wildman–Crippen MR) is 89.4 cm³/mol. The molecule has 1 atom stereocenters. The molecule has 0 radical (unpaired) electrons. The lowest BCUT2D eigenvalue weighted by molar-refractivity contribution is 0.287. The largest absolute Gasteiger partial charge is 0.485 e. The molecule has 2 nitrogen and oxygen atoms in total. The monoisotopic (exact) mass is 363 g/mol. The molecule has 1 unspecified atom stereocenters. The Morgan fingerprint density at radius 1 is 1.27 bits per heavy atom. The number of nitrogens with two attached hydrogens (primary N) is 1. The van der Waals surface area contributed by atoms with Crippen molar-refractivity contribution in [1.29, 1.82) is 0 Å². The Labute approximate surface area is 138 Å². The van der Waals surface area contributed by atoms with Gasteiger partial charge in [0.05, 0.1) is 4.47 Å². The second-order valence-electron chi connectivity index (χ2n) is 5.99. The maximum atomic E-state index is 14.4. The van der Waals surface area contributed by atoms with Crippen LogP contribution in [0.2, 0.25) is 0 Å². The molecule has 0 saturated heterocycles. The van der Waals surface area contributed by atoms with Gasteiger partial charge >= 0.3 is 0 Å². The zero-order valence-electron chi connectivity index (χ0n) is 12.5. The third-order valence-electron chi connectivity index (χ3n) is 4.46. The highest BCUT2D eigenvalue weighted by Crippen LogP contribution is 2.51. The third-order valence-corrected chi connectivity index (χ3v) is 5.05. The maximum Gasteiger partial charge on any atom is 0.169 e. The summed E-state index contributed by atoms with van der Waals surface area (Å²) in [5, 5.41) is 0. The number of ether oxygens (including phenoxy) is 1. The summed E-state index contributed by atoms with van der Waals surface area (Å²) in [7, 11) is 0. The molecule has 2 aromatic carbocycles. The molecule has 0 heterocycles. The van der Waals surface area contributed by atoms with E-state index in [2.05, 4.69) is 15.9 Å². The zero-order valence-corrected chi connectivity index (χ0v) is 14.1. The van der Waals surface area contributed by atoms with Gasteiger partial charge in [-0.1, -0.05) is 30.3 Å². The number of halogens is 2. The number of benzene rings is 2. The van der Waals surface area contributed by atoms with E-state index in [4.69, 9.17) is 10.5 Å². The van der Waals surface area contributed by atoms with E-state index in [1.807, 2.05) is 43.3 Å². The lowest BCUT2D eigenvalue weighted by Gasteiger charge is -2.21. The van der Waals surface area contributed by atoms with Crippen molar-refractivity contribution in [1.82, 2.24) is 0 Å². The highest BCUT2D eigenvalue weighted by atomic mass is 79.9. The van der Waals surface area contributed by atoms with Crippen LogP contribution in [-0.2, 0) is 12.0 Å². The molecule has 1 fully saturated rings. The minimum Gasteiger partial charge on any atom is -0.485 e. The van der Waals surface area contributed by atoms with Gasteiger partial charge in [0.15, 0.2) is 11.6 Å². The summed E-state index contributed by atoms with van der Waals surface area (Å²) < 4.78 is 20.7. The minimum absolute atomic E-state index is 0.0230. The van der Waals surface area contributed by atoms with Gasteiger partial charge in [0.2, 0.25) is 0 Å². The maximum absolute atomic E-state index is 14.4. The van der Waals surface area contributed by atoms with E-state index in [-0.39, 0.29) is 23.0 Å². The average molecular weight is 364 g/mol. The van der Waals surface area contributed by atoms with Gasteiger partial charge in [-0.2, -0.15) is 0 Å². The first-order valence-corrected chi connectivity index (χ1v) is 8.24. The van der Waals surface area contributed by atoms with E-state index in [0.717, 1.165) is 24.0 Å². The summed E-state index contributed by atoms with van der Waals surface area (Å²) in [6.07, 6.45) is 2.03. The molecule has 116 valence electrons. The minimum atomic E-state index is -0.341. The van der Waals surface area contributed by atoms with Gasteiger partial charge in [-0.05, 0) is 59.0 Å². The quantitative estimate of drug-likeness (QED) is 0.845. The van der Waals surface area contributed by atoms with Crippen molar-refractivity contribution in [3.63, 3.8) is 0 Å². The fourth-order valence-electron chi connectivity index (χ4n) is 2.86. The summed E-state index contributed by atoms with van der Waals surface area (Å²) in [4.78, 5) is 0. The van der Waals surface area contributed by atoms with Crippen molar-refractivity contribution < 1.29 is 9.13 Å². The highest BCUT2D eigenvalue weighted by molar-refractivity contribution is 9.10. The Hall–Kier alpha value is -1.39. The lowest BCUT2D eigenvalue weighted by Crippen LogP contribution is -2.31. The van der Waals surface area contributed by atoms with E-state index in [1.165, 1.54) is 0 Å². The SMILES string of the molecule is CC(N)C1(c2cc(F)c(OCc3ccccc3)c(Br)c2)CC1. The summed E-state index contributed by atoms with van der Waals surface area (Å²) in [5.74, 6) is -0.0830. The molecule has 0 bridgehead atoms. The summed E-state index contributed by atoms with van der Waals surface area (Å²) in [6, 6.07) is 13.3. The Balaban J connectivity index is 1.82. The van der Waals surface area contributed by atoms with Gasteiger partial charge in [0.25, 0.3) is 0 Å². The number of hydrogen-bond donors (Lipinski definition) is 1. The molecule has 1 saturated carbocycles. The van der Waals surface area contributed by atoms with Crippen LogP contribution in [0.3, 0.4) is 0 Å². The van der Waals surface area contributed by atoms with Crippen LogP contribution >= 0.6 is 15.9 Å². The molecule has 4 heteroatoms. The van der Waals surface area contributed by atoms with E-state index in [1.54, 1.807) is 6.07 Å². The number of hydrogen-bond acceptors (Lipinski definition) is 2. The molecule has 22 heavy (non-hydrogen) atoms. The van der Waals surface area contributed by atoms with Crippen LogP contribution in [0.1, 0.15) is 30.9 Å². The van der Waals surface area contributed by atoms with Crippen molar-refractivity contribution in [2.45, 2.75) is 37.8 Å². The fraction of sp³-hybridized carbons (Fsp3) is 0.333. The van der Waals surface area contributed by atoms with Gasteiger partial charge in [-0.15, -0.1) is 0 Å². The van der Waals surface area contributed by atoms with Crippen LogP contribution < -0.4 is 10.5 Å². The first kappa shape index (κ1) is 15.5. The molecule has 1 aliphatic carbocycles. The van der Waals surface area contributed by atoms with Crippen molar-refractivity contribution >= 4 is 15.9 Å². The summed E-state index contributed by atoms with van der Waals surface area (Å²) in [5.41, 5.74) is 7.96. The Morgan fingerprint density at radius 3 is 2.50 bits per heavy atom. The van der Waals surface area contributed by atoms with Gasteiger partial charge in [-0.25, -0.2) is 4.39 Å². The summed E-state index contributed by atoms with van der Waals surface area (Å²) >= 11 is 3.44. The molecule has 1 aliphatic rings. The van der Waals surface area contributed by atoms with Crippen molar-refractivity contribution in [2.75, 3.05) is 0 Å². The Bertz CT molecular complexity index is 645. The van der Waals surface area contributed by atoms with Crippen molar-refractivity contribution in [3.8, 4) is 5.75 Å². The molecule has 0 amide bonds. The standard InChI is InChI=1S/C18H19BrFNO/c1-12(21)18(7-8-18)14-9-15(19)17(16(20)10-14)22-11-13-5-3-2-4-6-13/h2-6,9-10,12H,7-8,11,21H2,1H3. The first-order chi connectivity index (χ1) is 10.5. The van der Waals surface area contributed by atoms with Crippen molar-refractivity contribution in [3.05, 3.63) is 63.9 Å². The topological polar surface area (TPSA) is 35.2 Å². The van der Waals surface area contributed by atoms with E-state index in [9.17, 15) is 4.39 Å². The molecule has 0 spiro atoms. The number of rotatable bonds is 5. The molecule has 0 aliphatic heterocycles. The van der Waals surface area contributed by atoms with Crippen LogP contribution in [-0.4, -0.2) is 6.04 Å². The predicted octanol–water partition coefficient (Wildman–Crippen LogP) is 4.55. The molecular formula is C18H19BrFNO. The Morgan fingerprint density at radius 2 is 1.95 bits per heavy atom. The van der Waals surface area contributed by atoms with Crippen LogP contribution in [0.25, 0.3) is 0 Å². The van der Waals surface area contributed by atoms with Crippen LogP contribution in [0, 0.1) is 5.82 Å².